The number of benzene rings is 1. The number of aliphatic hydroxyl groups is 1. The third-order valence-electron chi connectivity index (χ3n) is 2.24. The summed E-state index contributed by atoms with van der Waals surface area (Å²) in [4.78, 5) is 0.178. The van der Waals surface area contributed by atoms with Crippen molar-refractivity contribution in [1.29, 1.82) is 0 Å². The molecule has 96 valence electrons. The van der Waals surface area contributed by atoms with Crippen LogP contribution < -0.4 is 4.72 Å². The molecule has 1 aromatic rings. The van der Waals surface area contributed by atoms with Crippen molar-refractivity contribution < 1.29 is 18.3 Å². The van der Waals surface area contributed by atoms with E-state index in [0.29, 0.717) is 0 Å². The van der Waals surface area contributed by atoms with Crippen LogP contribution in [0.3, 0.4) is 0 Å². The van der Waals surface area contributed by atoms with Gasteiger partial charge in [0.25, 0.3) is 0 Å². The largest absolute Gasteiger partial charge is 0.395 e. The highest BCUT2D eigenvalue weighted by atomic mass is 32.2. The van der Waals surface area contributed by atoms with Gasteiger partial charge in [0.05, 0.1) is 24.2 Å². The Hall–Kier alpha value is -0.950. The number of hydrogen-bond donors (Lipinski definition) is 2. The lowest BCUT2D eigenvalue weighted by molar-refractivity contribution is 0.139. The van der Waals surface area contributed by atoms with Crippen molar-refractivity contribution in [3.63, 3.8) is 0 Å². The lowest BCUT2D eigenvalue weighted by atomic mass is 10.2. The summed E-state index contributed by atoms with van der Waals surface area (Å²) in [6, 6.07) is 5.86. The number of sulfonamides is 1. The lowest BCUT2D eigenvalue weighted by Gasteiger charge is -2.15. The zero-order chi connectivity index (χ0) is 12.9. The van der Waals surface area contributed by atoms with Gasteiger partial charge in [-0.1, -0.05) is 17.7 Å². The fourth-order valence-corrected chi connectivity index (χ4v) is 2.54. The monoisotopic (exact) mass is 259 g/mol. The molecule has 1 aromatic carbocycles. The van der Waals surface area contributed by atoms with Crippen molar-refractivity contribution >= 4 is 10.0 Å². The molecule has 0 radical (unpaired) electrons. The van der Waals surface area contributed by atoms with E-state index in [4.69, 9.17) is 9.84 Å². The topological polar surface area (TPSA) is 75.6 Å². The summed E-state index contributed by atoms with van der Waals surface area (Å²) >= 11 is 0. The van der Waals surface area contributed by atoms with Gasteiger partial charge in [-0.25, -0.2) is 13.1 Å². The molecule has 0 saturated heterocycles. The van der Waals surface area contributed by atoms with Gasteiger partial charge in [-0.3, -0.25) is 0 Å². The van der Waals surface area contributed by atoms with Crippen LogP contribution in [-0.4, -0.2) is 39.9 Å². The second-order valence-corrected chi connectivity index (χ2v) is 5.48. The summed E-state index contributed by atoms with van der Waals surface area (Å²) in [6.45, 7) is 1.70. The van der Waals surface area contributed by atoms with Crippen LogP contribution in [0.2, 0.25) is 0 Å². The molecule has 0 aliphatic rings. The first-order chi connectivity index (χ1) is 7.99. The van der Waals surface area contributed by atoms with Gasteiger partial charge in [0, 0.05) is 7.11 Å². The average molecular weight is 259 g/mol. The minimum absolute atomic E-state index is 0.127. The first-order valence-corrected chi connectivity index (χ1v) is 6.66. The molecule has 0 aromatic heterocycles. The van der Waals surface area contributed by atoms with Gasteiger partial charge < -0.3 is 9.84 Å². The molecule has 0 aliphatic heterocycles. The fraction of sp³-hybridized carbons (Fsp3) is 0.455. The van der Waals surface area contributed by atoms with E-state index in [0.717, 1.165) is 5.56 Å². The Kier molecular flexibility index (Phi) is 5.07. The van der Waals surface area contributed by atoms with Gasteiger partial charge in [0.1, 0.15) is 0 Å². The molecular weight excluding hydrogens is 242 g/mol. The van der Waals surface area contributed by atoms with Gasteiger partial charge in [0.15, 0.2) is 0 Å². The second kappa shape index (κ2) is 6.11. The quantitative estimate of drug-likeness (QED) is 0.769. The van der Waals surface area contributed by atoms with Crippen LogP contribution >= 0.6 is 0 Å². The Morgan fingerprint density at radius 2 is 1.94 bits per heavy atom. The van der Waals surface area contributed by atoms with Crippen molar-refractivity contribution in [2.75, 3.05) is 20.3 Å². The number of aliphatic hydroxyl groups excluding tert-OH is 1. The average Bonchev–Trinajstić information content (AvgIpc) is 2.28. The Morgan fingerprint density at radius 1 is 1.35 bits per heavy atom. The molecule has 0 amide bonds. The van der Waals surface area contributed by atoms with E-state index in [1.807, 2.05) is 6.92 Å². The van der Waals surface area contributed by atoms with Crippen LogP contribution in [0.1, 0.15) is 5.56 Å². The van der Waals surface area contributed by atoms with E-state index in [9.17, 15) is 8.42 Å². The first-order valence-electron chi connectivity index (χ1n) is 5.18. The Balaban J connectivity index is 2.84. The maximum absolute atomic E-state index is 11.9. The molecule has 1 rings (SSSR count). The Morgan fingerprint density at radius 3 is 2.41 bits per heavy atom. The van der Waals surface area contributed by atoms with Crippen LogP contribution in [0, 0.1) is 6.92 Å². The van der Waals surface area contributed by atoms with Crippen LogP contribution in [0.25, 0.3) is 0 Å². The zero-order valence-electron chi connectivity index (χ0n) is 9.88. The van der Waals surface area contributed by atoms with Crippen LogP contribution in [-0.2, 0) is 14.8 Å². The summed E-state index contributed by atoms with van der Waals surface area (Å²) in [5, 5.41) is 9.00. The summed E-state index contributed by atoms with van der Waals surface area (Å²) in [5.74, 6) is 0. The molecule has 0 spiro atoms. The Labute approximate surface area is 101 Å². The van der Waals surface area contributed by atoms with Crippen LogP contribution in [0.5, 0.6) is 0 Å². The fourth-order valence-electron chi connectivity index (χ4n) is 1.33. The molecule has 5 nitrogen and oxygen atoms in total. The third kappa shape index (κ3) is 4.08. The highest BCUT2D eigenvalue weighted by Crippen LogP contribution is 2.10. The van der Waals surface area contributed by atoms with Gasteiger partial charge in [-0.05, 0) is 19.1 Å². The van der Waals surface area contributed by atoms with E-state index in [1.54, 1.807) is 12.1 Å². The zero-order valence-corrected chi connectivity index (χ0v) is 10.7. The number of hydrogen-bond acceptors (Lipinski definition) is 4. The minimum Gasteiger partial charge on any atom is -0.395 e. The summed E-state index contributed by atoms with van der Waals surface area (Å²) in [6.07, 6.45) is 0. The van der Waals surface area contributed by atoms with Gasteiger partial charge in [0.2, 0.25) is 10.0 Å². The maximum atomic E-state index is 11.9. The van der Waals surface area contributed by atoms with Gasteiger partial charge in [-0.15, -0.1) is 0 Å². The van der Waals surface area contributed by atoms with Crippen LogP contribution in [0.4, 0.5) is 0 Å². The van der Waals surface area contributed by atoms with Crippen molar-refractivity contribution in [2.24, 2.45) is 0 Å². The van der Waals surface area contributed by atoms with Gasteiger partial charge >= 0.3 is 0 Å². The lowest BCUT2D eigenvalue weighted by Crippen LogP contribution is -2.40. The van der Waals surface area contributed by atoms with Crippen LogP contribution in [0.15, 0.2) is 29.2 Å². The minimum atomic E-state index is -3.60. The molecule has 0 fully saturated rings. The maximum Gasteiger partial charge on any atom is 0.240 e. The molecule has 17 heavy (non-hydrogen) atoms. The van der Waals surface area contributed by atoms with E-state index >= 15 is 0 Å². The smallest absolute Gasteiger partial charge is 0.240 e. The molecule has 0 bridgehead atoms. The van der Waals surface area contributed by atoms with Crippen molar-refractivity contribution in [2.45, 2.75) is 17.9 Å². The van der Waals surface area contributed by atoms with Gasteiger partial charge in [-0.2, -0.15) is 0 Å². The second-order valence-electron chi connectivity index (χ2n) is 3.77. The van der Waals surface area contributed by atoms with E-state index in [-0.39, 0.29) is 18.1 Å². The summed E-state index contributed by atoms with van der Waals surface area (Å²) < 4.78 is 31.0. The van der Waals surface area contributed by atoms with Crippen molar-refractivity contribution in [3.8, 4) is 0 Å². The number of nitrogens with one attached hydrogen (secondary N) is 1. The molecule has 1 atom stereocenters. The molecule has 1 unspecified atom stereocenters. The molecule has 6 heteroatoms. The Bertz CT molecular complexity index is 441. The number of ether oxygens (including phenoxy) is 1. The standard InChI is InChI=1S/C11H17NO4S/c1-9-3-5-11(6-4-9)17(14,15)12-10(7-13)8-16-2/h3-6,10,12-13H,7-8H2,1-2H3. The number of aryl methyl sites for hydroxylation is 1. The molecule has 2 N–H and O–H groups in total. The summed E-state index contributed by atoms with van der Waals surface area (Å²) in [7, 11) is -2.15. The molecule has 0 aliphatic carbocycles. The number of methoxy groups -OCH3 is 1. The summed E-state index contributed by atoms with van der Waals surface area (Å²) in [5.41, 5.74) is 0.986. The molecular formula is C11H17NO4S. The van der Waals surface area contributed by atoms with E-state index < -0.39 is 16.1 Å². The third-order valence-corrected chi connectivity index (χ3v) is 3.78. The SMILES string of the molecule is COCC(CO)NS(=O)(=O)c1ccc(C)cc1. The van der Waals surface area contributed by atoms with Crippen molar-refractivity contribution in [1.82, 2.24) is 4.72 Å². The molecule has 0 heterocycles. The normalized spacial score (nSPS) is 13.6. The highest BCUT2D eigenvalue weighted by Gasteiger charge is 2.19. The van der Waals surface area contributed by atoms with E-state index in [1.165, 1.54) is 19.2 Å². The first kappa shape index (κ1) is 14.1. The van der Waals surface area contributed by atoms with E-state index in [2.05, 4.69) is 4.72 Å². The number of rotatable bonds is 6. The van der Waals surface area contributed by atoms with Crippen molar-refractivity contribution in [3.05, 3.63) is 29.8 Å². The molecule has 0 saturated carbocycles. The highest BCUT2D eigenvalue weighted by molar-refractivity contribution is 7.89. The predicted molar refractivity (Wildman–Crippen MR) is 64.3 cm³/mol. The predicted octanol–water partition coefficient (Wildman–Crippen LogP) is 0.281.